The van der Waals surface area contributed by atoms with Gasteiger partial charge in [0, 0.05) is 64.0 Å². The first-order valence-electron chi connectivity index (χ1n) is 21.1. The third-order valence-corrected chi connectivity index (χ3v) is 11.9. The van der Waals surface area contributed by atoms with E-state index in [1.807, 2.05) is 18.2 Å². The van der Waals surface area contributed by atoms with Crippen molar-refractivity contribution in [3.63, 3.8) is 0 Å². The van der Waals surface area contributed by atoms with Gasteiger partial charge >= 0.3 is 0 Å². The molecule has 11 heteroatoms. The van der Waals surface area contributed by atoms with Crippen LogP contribution >= 0.6 is 0 Å². The van der Waals surface area contributed by atoms with E-state index in [1.165, 1.54) is 39.3 Å². The third-order valence-electron chi connectivity index (χ3n) is 11.9. The Bertz CT molecular complexity index is 1820. The Labute approximate surface area is 345 Å². The molecule has 10 nitrogen and oxygen atoms in total. The van der Waals surface area contributed by atoms with E-state index in [0.29, 0.717) is 59.3 Å². The van der Waals surface area contributed by atoms with Gasteiger partial charge in [-0.3, -0.25) is 19.3 Å². The molecule has 0 aromatic heterocycles. The van der Waals surface area contributed by atoms with Crippen molar-refractivity contribution in [3.05, 3.63) is 83.9 Å². The van der Waals surface area contributed by atoms with E-state index in [2.05, 4.69) is 47.8 Å². The summed E-state index contributed by atoms with van der Waals surface area (Å²) in [6.45, 7) is 5.27. The highest BCUT2D eigenvalue weighted by Gasteiger charge is 2.42. The van der Waals surface area contributed by atoms with E-state index in [9.17, 15) is 14.4 Å². The molecule has 1 saturated carbocycles. The third kappa shape index (κ3) is 11.0. The van der Waals surface area contributed by atoms with Crippen molar-refractivity contribution in [1.82, 2.24) is 10.2 Å². The van der Waals surface area contributed by atoms with Gasteiger partial charge in [0.2, 0.25) is 5.91 Å². The van der Waals surface area contributed by atoms with Gasteiger partial charge in [-0.1, -0.05) is 47.9 Å². The summed E-state index contributed by atoms with van der Waals surface area (Å²) in [5.41, 5.74) is 7.92. The number of carbonyl (C=O) groups is 3. The number of rotatable bonds is 24. The summed E-state index contributed by atoms with van der Waals surface area (Å²) in [5, 5.41) is 3.10. The summed E-state index contributed by atoms with van der Waals surface area (Å²) < 4.78 is 28.3. The molecular weight excluding hydrogens is 731 g/mol. The maximum atomic E-state index is 12.8. The van der Waals surface area contributed by atoms with E-state index in [1.54, 1.807) is 14.2 Å². The predicted molar refractivity (Wildman–Crippen MR) is 226 cm³/mol. The van der Waals surface area contributed by atoms with Gasteiger partial charge in [-0.2, -0.15) is 0 Å². The van der Waals surface area contributed by atoms with Gasteiger partial charge in [0.15, 0.2) is 0 Å². The highest BCUT2D eigenvalue weighted by Crippen LogP contribution is 2.54. The Morgan fingerprint density at radius 2 is 1.31 bits per heavy atom. The molecule has 3 aromatic rings. The second-order valence-corrected chi connectivity index (χ2v) is 15.8. The molecule has 58 heavy (non-hydrogen) atoms. The SMILES string of the molecule is [B]c1ccc2c(c1)C(CCCOCCOC)(CCCOCCOC)c1cc(-c3ccc(OCCCCNC(=O)C4CCC(CN5C(=O)C=CC5=O)CC4)cc3)ccc1-2. The van der Waals surface area contributed by atoms with Crippen LogP contribution in [-0.4, -0.2) is 104 Å². The van der Waals surface area contributed by atoms with Gasteiger partial charge in [-0.15, -0.1) is 0 Å². The molecule has 0 saturated heterocycles. The van der Waals surface area contributed by atoms with E-state index < -0.39 is 0 Å². The van der Waals surface area contributed by atoms with Crippen molar-refractivity contribution in [2.24, 2.45) is 11.8 Å². The van der Waals surface area contributed by atoms with Crippen molar-refractivity contribution in [2.75, 3.05) is 73.6 Å². The number of nitrogens with zero attached hydrogens (tertiary/aromatic N) is 1. The molecule has 1 fully saturated rings. The Kier molecular flexibility index (Phi) is 16.2. The lowest BCUT2D eigenvalue weighted by molar-refractivity contribution is -0.138. The zero-order chi connectivity index (χ0) is 40.7. The number of imide groups is 1. The van der Waals surface area contributed by atoms with Crippen molar-refractivity contribution in [1.29, 1.82) is 0 Å². The number of unbranched alkanes of at least 4 members (excludes halogenated alkanes) is 1. The maximum absolute atomic E-state index is 12.8. The molecule has 3 aromatic carbocycles. The van der Waals surface area contributed by atoms with E-state index in [-0.39, 0.29) is 35.0 Å². The van der Waals surface area contributed by atoms with Crippen molar-refractivity contribution in [2.45, 2.75) is 69.6 Å². The fraction of sp³-hybridized carbons (Fsp3) is 0.511. The standard InChI is InChI=1S/C47H59BN2O8/c1-54-27-29-56-24-5-21-47(22-6-25-57-30-28-55-2)42-31-37(13-17-40(42)41-18-14-38(48)32-43(41)47)35-11-15-39(16-12-35)58-26-4-3-23-49-46(53)36-9-7-34(8-10-36)33-50-44(51)19-20-45(50)52/h11-20,31-32,34,36H,3-10,21-30,33H2,1-2H3,(H,49,53). The minimum atomic E-state index is -0.235. The Balaban J connectivity index is 1.01. The van der Waals surface area contributed by atoms with Crippen LogP contribution in [0, 0.1) is 11.8 Å². The lowest BCUT2D eigenvalue weighted by Crippen LogP contribution is -2.38. The zero-order valence-corrected chi connectivity index (χ0v) is 34.3. The summed E-state index contributed by atoms with van der Waals surface area (Å²) in [5.74, 6) is 0.692. The van der Waals surface area contributed by atoms with Gasteiger partial charge in [0.25, 0.3) is 11.8 Å². The number of hydrogen-bond donors (Lipinski definition) is 1. The first-order valence-corrected chi connectivity index (χ1v) is 21.1. The smallest absolute Gasteiger partial charge is 0.253 e. The molecule has 1 aliphatic heterocycles. The predicted octanol–water partition coefficient (Wildman–Crippen LogP) is 6.31. The maximum Gasteiger partial charge on any atom is 0.253 e. The van der Waals surface area contributed by atoms with Crippen LogP contribution in [0.3, 0.4) is 0 Å². The van der Waals surface area contributed by atoms with Crippen LogP contribution in [-0.2, 0) is 38.7 Å². The molecule has 0 bridgehead atoms. The number of fused-ring (bicyclic) bond motifs is 3. The van der Waals surface area contributed by atoms with Gasteiger partial charge < -0.3 is 29.0 Å². The van der Waals surface area contributed by atoms with Crippen LogP contribution in [0.25, 0.3) is 22.3 Å². The van der Waals surface area contributed by atoms with Crippen LogP contribution in [0.2, 0.25) is 0 Å². The fourth-order valence-electron chi connectivity index (χ4n) is 8.79. The number of ether oxygens (including phenoxy) is 5. The molecular formula is C47H59BN2O8. The molecule has 2 radical (unpaired) electrons. The highest BCUT2D eigenvalue weighted by atomic mass is 16.5. The number of carbonyl (C=O) groups excluding carboxylic acids is 3. The fourth-order valence-corrected chi connectivity index (χ4v) is 8.79. The van der Waals surface area contributed by atoms with Crippen LogP contribution in [0.5, 0.6) is 5.75 Å². The van der Waals surface area contributed by atoms with Crippen molar-refractivity contribution < 1.29 is 38.1 Å². The van der Waals surface area contributed by atoms with E-state index in [4.69, 9.17) is 31.5 Å². The molecule has 308 valence electrons. The molecule has 0 spiro atoms. The second-order valence-electron chi connectivity index (χ2n) is 15.8. The average molecular weight is 791 g/mol. The zero-order valence-electron chi connectivity index (χ0n) is 34.3. The van der Waals surface area contributed by atoms with Gasteiger partial charge in [-0.25, -0.2) is 0 Å². The molecule has 1 N–H and O–H groups in total. The summed E-state index contributed by atoms with van der Waals surface area (Å²) in [6.07, 6.45) is 11.2. The summed E-state index contributed by atoms with van der Waals surface area (Å²) >= 11 is 0. The molecule has 2 aliphatic carbocycles. The van der Waals surface area contributed by atoms with Crippen LogP contribution in [0.4, 0.5) is 0 Å². The second kappa shape index (κ2) is 21.6. The number of amides is 3. The number of hydrogen-bond acceptors (Lipinski definition) is 8. The van der Waals surface area contributed by atoms with Crippen molar-refractivity contribution >= 4 is 31.0 Å². The summed E-state index contributed by atoms with van der Waals surface area (Å²) in [4.78, 5) is 37.9. The van der Waals surface area contributed by atoms with Crippen LogP contribution in [0.15, 0.2) is 72.8 Å². The first kappa shape index (κ1) is 43.3. The molecule has 0 atom stereocenters. The van der Waals surface area contributed by atoms with Gasteiger partial charge in [-0.05, 0) is 122 Å². The quantitative estimate of drug-likeness (QED) is 0.0639. The first-order chi connectivity index (χ1) is 28.3. The Hall–Kier alpha value is -4.29. The Morgan fingerprint density at radius 1 is 0.707 bits per heavy atom. The molecule has 3 aliphatic rings. The lowest BCUT2D eigenvalue weighted by atomic mass is 9.70. The van der Waals surface area contributed by atoms with Gasteiger partial charge in [0.1, 0.15) is 13.6 Å². The molecule has 0 unspecified atom stereocenters. The lowest BCUT2D eigenvalue weighted by Gasteiger charge is -2.33. The minimum absolute atomic E-state index is 0.0120. The van der Waals surface area contributed by atoms with Crippen LogP contribution in [0.1, 0.15) is 75.3 Å². The molecule has 1 heterocycles. The Morgan fingerprint density at radius 3 is 1.95 bits per heavy atom. The number of nitrogens with one attached hydrogen (secondary N) is 1. The van der Waals surface area contributed by atoms with Gasteiger partial charge in [0.05, 0.1) is 33.0 Å². The normalized spacial score (nSPS) is 18.1. The van der Waals surface area contributed by atoms with E-state index in [0.717, 1.165) is 86.5 Å². The van der Waals surface area contributed by atoms with Crippen molar-refractivity contribution in [3.8, 4) is 28.0 Å². The number of methoxy groups -OCH3 is 2. The van der Waals surface area contributed by atoms with Crippen LogP contribution < -0.4 is 15.5 Å². The minimum Gasteiger partial charge on any atom is -0.494 e. The average Bonchev–Trinajstić information content (AvgIpc) is 3.70. The molecule has 3 amide bonds. The van der Waals surface area contributed by atoms with E-state index >= 15 is 0 Å². The largest absolute Gasteiger partial charge is 0.494 e. The monoisotopic (exact) mass is 790 g/mol. The highest BCUT2D eigenvalue weighted by molar-refractivity contribution is 6.32. The summed E-state index contributed by atoms with van der Waals surface area (Å²) in [6, 6.07) is 21.5. The topological polar surface area (TPSA) is 113 Å². The summed E-state index contributed by atoms with van der Waals surface area (Å²) in [7, 11) is 9.83. The molecule has 6 rings (SSSR count). The number of benzene rings is 3.